The monoisotopic (exact) mass is 350 g/mol. The van der Waals surface area contributed by atoms with Crippen LogP contribution in [0.1, 0.15) is 79.1 Å². The summed E-state index contributed by atoms with van der Waals surface area (Å²) in [7, 11) is 0. The molecule has 142 valence electrons. The number of esters is 2. The third kappa shape index (κ3) is 7.89. The largest absolute Gasteiger partial charge is 0.462 e. The zero-order chi connectivity index (χ0) is 18.7. The second-order valence-corrected chi connectivity index (χ2v) is 7.49. The lowest BCUT2D eigenvalue weighted by molar-refractivity contribution is -0.142. The number of hydrogen-bond donors (Lipinski definition) is 0. The molecule has 0 N–H and O–H groups in total. The number of carbonyl (C=O) groups is 2. The van der Waals surface area contributed by atoms with Crippen molar-refractivity contribution in [2.45, 2.75) is 79.1 Å². The van der Waals surface area contributed by atoms with E-state index in [1.807, 2.05) is 12.2 Å². The van der Waals surface area contributed by atoms with Crippen molar-refractivity contribution < 1.29 is 19.1 Å². The first-order chi connectivity index (χ1) is 11.9. The lowest BCUT2D eigenvalue weighted by Crippen LogP contribution is -2.18. The lowest BCUT2D eigenvalue weighted by atomic mass is 9.86. The fourth-order valence-corrected chi connectivity index (χ4v) is 2.64. The first-order valence-electron chi connectivity index (χ1n) is 9.66. The summed E-state index contributed by atoms with van der Waals surface area (Å²) in [6, 6.07) is 0. The van der Waals surface area contributed by atoms with Gasteiger partial charge in [0, 0.05) is 0 Å². The Bertz CT molecular complexity index is 456. The molecule has 0 aromatic rings. The summed E-state index contributed by atoms with van der Waals surface area (Å²) >= 11 is 0. The first kappa shape index (κ1) is 21.5. The highest BCUT2D eigenvalue weighted by atomic mass is 16.5. The van der Waals surface area contributed by atoms with Gasteiger partial charge in [0.15, 0.2) is 0 Å². The molecule has 0 saturated heterocycles. The van der Waals surface area contributed by atoms with Crippen molar-refractivity contribution in [1.82, 2.24) is 0 Å². The van der Waals surface area contributed by atoms with Crippen LogP contribution in [0, 0.1) is 5.41 Å². The van der Waals surface area contributed by atoms with Crippen molar-refractivity contribution in [3.63, 3.8) is 0 Å². The highest BCUT2D eigenvalue weighted by Crippen LogP contribution is 2.33. The van der Waals surface area contributed by atoms with Crippen LogP contribution >= 0.6 is 0 Å². The van der Waals surface area contributed by atoms with E-state index >= 15 is 0 Å². The Morgan fingerprint density at radius 1 is 0.840 bits per heavy atom. The van der Waals surface area contributed by atoms with Crippen molar-refractivity contribution >= 4 is 11.9 Å². The summed E-state index contributed by atoms with van der Waals surface area (Å²) in [6.45, 7) is 9.25. The Morgan fingerprint density at radius 2 is 1.24 bits per heavy atom. The molecule has 4 heteroatoms. The van der Waals surface area contributed by atoms with Gasteiger partial charge in [0.2, 0.25) is 0 Å². The van der Waals surface area contributed by atoms with Gasteiger partial charge >= 0.3 is 11.9 Å². The van der Waals surface area contributed by atoms with E-state index < -0.39 is 11.9 Å². The molecule has 1 aliphatic carbocycles. The predicted molar refractivity (Wildman–Crippen MR) is 100 cm³/mol. The van der Waals surface area contributed by atoms with Gasteiger partial charge in [0.05, 0.1) is 24.4 Å². The van der Waals surface area contributed by atoms with E-state index in [0.29, 0.717) is 24.4 Å². The minimum Gasteiger partial charge on any atom is -0.462 e. The molecule has 0 fully saturated rings. The van der Waals surface area contributed by atoms with E-state index in [1.165, 1.54) is 0 Å². The van der Waals surface area contributed by atoms with Crippen LogP contribution in [0.2, 0.25) is 0 Å². The van der Waals surface area contributed by atoms with Crippen LogP contribution in [-0.4, -0.2) is 25.2 Å². The summed E-state index contributed by atoms with van der Waals surface area (Å²) in [4.78, 5) is 25.0. The highest BCUT2D eigenvalue weighted by Gasteiger charge is 2.28. The van der Waals surface area contributed by atoms with Gasteiger partial charge in [0.25, 0.3) is 0 Å². The molecule has 1 rings (SSSR count). The fourth-order valence-electron chi connectivity index (χ4n) is 2.64. The van der Waals surface area contributed by atoms with Gasteiger partial charge in [-0.15, -0.1) is 0 Å². The number of rotatable bonds is 10. The minimum absolute atomic E-state index is 0.0119. The second kappa shape index (κ2) is 11.1. The van der Waals surface area contributed by atoms with Crippen LogP contribution in [0.25, 0.3) is 0 Å². The zero-order valence-electron chi connectivity index (χ0n) is 16.4. The molecule has 0 unspecified atom stereocenters. The van der Waals surface area contributed by atoms with Gasteiger partial charge in [-0.3, -0.25) is 0 Å². The molecule has 0 bridgehead atoms. The van der Waals surface area contributed by atoms with Crippen LogP contribution in [0.4, 0.5) is 0 Å². The van der Waals surface area contributed by atoms with Gasteiger partial charge in [-0.05, 0) is 31.1 Å². The number of unbranched alkanes of at least 4 members (excludes halogenated alkanes) is 4. The molecule has 0 atom stereocenters. The molecule has 25 heavy (non-hydrogen) atoms. The number of carbonyl (C=O) groups excluding carboxylic acids is 2. The second-order valence-electron chi connectivity index (χ2n) is 7.49. The third-order valence-corrected chi connectivity index (χ3v) is 4.41. The van der Waals surface area contributed by atoms with Crippen LogP contribution < -0.4 is 0 Å². The molecule has 0 spiro atoms. The zero-order valence-corrected chi connectivity index (χ0v) is 16.4. The van der Waals surface area contributed by atoms with Crippen LogP contribution in [0.15, 0.2) is 23.3 Å². The SMILES string of the molecule is CCCCCOC(=O)C1=CCC(C)(C)CC=C1C(=O)OCCCCC. The molecule has 0 heterocycles. The topological polar surface area (TPSA) is 52.6 Å². The molecule has 0 saturated carbocycles. The molecular formula is C21H34O4. The first-order valence-corrected chi connectivity index (χ1v) is 9.66. The lowest BCUT2D eigenvalue weighted by Gasteiger charge is -2.19. The van der Waals surface area contributed by atoms with E-state index in [9.17, 15) is 9.59 Å². The Balaban J connectivity index is 2.79. The quantitative estimate of drug-likeness (QED) is 0.405. The maximum absolute atomic E-state index is 12.5. The van der Waals surface area contributed by atoms with E-state index in [-0.39, 0.29) is 5.41 Å². The molecule has 1 aliphatic rings. The van der Waals surface area contributed by atoms with Gasteiger partial charge in [-0.1, -0.05) is 65.5 Å². The van der Waals surface area contributed by atoms with Crippen molar-refractivity contribution in [3.8, 4) is 0 Å². The molecular weight excluding hydrogens is 316 g/mol. The maximum atomic E-state index is 12.5. The summed E-state index contributed by atoms with van der Waals surface area (Å²) in [5.74, 6) is -0.823. The van der Waals surface area contributed by atoms with E-state index in [4.69, 9.17) is 9.47 Å². The smallest absolute Gasteiger partial charge is 0.338 e. The molecule has 0 amide bonds. The summed E-state index contributed by atoms with van der Waals surface area (Å²) < 4.78 is 10.7. The van der Waals surface area contributed by atoms with Crippen molar-refractivity contribution in [2.75, 3.05) is 13.2 Å². The molecule has 0 aromatic heterocycles. The van der Waals surface area contributed by atoms with Gasteiger partial charge in [-0.25, -0.2) is 9.59 Å². The molecule has 4 nitrogen and oxygen atoms in total. The Morgan fingerprint density at radius 3 is 1.60 bits per heavy atom. The Kier molecular flexibility index (Phi) is 9.54. The van der Waals surface area contributed by atoms with Crippen molar-refractivity contribution in [1.29, 1.82) is 0 Å². The third-order valence-electron chi connectivity index (χ3n) is 4.41. The molecule has 0 aromatic carbocycles. The number of ether oxygens (including phenoxy) is 2. The fraction of sp³-hybridized carbons (Fsp3) is 0.714. The van der Waals surface area contributed by atoms with Gasteiger partial charge in [-0.2, -0.15) is 0 Å². The summed E-state index contributed by atoms with van der Waals surface area (Å²) in [5.41, 5.74) is 0.739. The van der Waals surface area contributed by atoms with Crippen LogP contribution in [-0.2, 0) is 19.1 Å². The normalized spacial score (nSPS) is 16.5. The Hall–Kier alpha value is -1.58. The summed E-state index contributed by atoms with van der Waals surface area (Å²) in [5, 5.41) is 0. The average Bonchev–Trinajstić information content (AvgIpc) is 2.73. The minimum atomic E-state index is -0.412. The summed E-state index contributed by atoms with van der Waals surface area (Å²) in [6.07, 6.45) is 11.0. The number of allylic oxidation sites excluding steroid dienone is 2. The van der Waals surface area contributed by atoms with Gasteiger partial charge in [0.1, 0.15) is 0 Å². The molecule has 0 aliphatic heterocycles. The average molecular weight is 350 g/mol. The van der Waals surface area contributed by atoms with Gasteiger partial charge < -0.3 is 9.47 Å². The van der Waals surface area contributed by atoms with E-state index in [1.54, 1.807) is 0 Å². The van der Waals surface area contributed by atoms with Crippen LogP contribution in [0.3, 0.4) is 0 Å². The maximum Gasteiger partial charge on any atom is 0.338 e. The highest BCUT2D eigenvalue weighted by molar-refractivity contribution is 6.07. The standard InChI is InChI=1S/C21H34O4/c1-5-7-9-15-24-19(22)17-11-13-21(3,4)14-12-18(17)20(23)25-16-10-8-6-2/h11-12H,5-10,13-16H2,1-4H3. The van der Waals surface area contributed by atoms with Crippen molar-refractivity contribution in [2.24, 2.45) is 5.41 Å². The Labute approximate surface area is 152 Å². The van der Waals surface area contributed by atoms with E-state index in [0.717, 1.165) is 51.4 Å². The molecule has 0 radical (unpaired) electrons. The van der Waals surface area contributed by atoms with Crippen LogP contribution in [0.5, 0.6) is 0 Å². The predicted octanol–water partition coefficient (Wildman–Crippen LogP) is 5.13. The van der Waals surface area contributed by atoms with E-state index in [2.05, 4.69) is 27.7 Å². The number of hydrogen-bond acceptors (Lipinski definition) is 4. The van der Waals surface area contributed by atoms with Crippen molar-refractivity contribution in [3.05, 3.63) is 23.3 Å².